The van der Waals surface area contributed by atoms with Crippen molar-refractivity contribution in [3.8, 4) is 0 Å². The molecule has 0 unspecified atom stereocenters. The number of rotatable bonds is 5. The van der Waals surface area contributed by atoms with Crippen molar-refractivity contribution in [1.29, 1.82) is 0 Å². The van der Waals surface area contributed by atoms with Crippen LogP contribution < -0.4 is 10.6 Å². The van der Waals surface area contributed by atoms with Crippen molar-refractivity contribution in [3.05, 3.63) is 65.2 Å². The molecule has 2 rings (SSSR count). The molecule has 0 aliphatic heterocycles. The van der Waals surface area contributed by atoms with Crippen LogP contribution in [0.25, 0.3) is 0 Å². The molecule has 2 aromatic rings. The molecular weight excluding hydrogens is 334 g/mol. The summed E-state index contributed by atoms with van der Waals surface area (Å²) in [5.74, 6) is -4.40. The van der Waals surface area contributed by atoms with E-state index in [9.17, 15) is 23.2 Å². The first-order valence-electron chi connectivity index (χ1n) is 7.15. The van der Waals surface area contributed by atoms with Gasteiger partial charge in [0.25, 0.3) is 11.8 Å². The predicted molar refractivity (Wildman–Crippen MR) is 85.1 cm³/mol. The van der Waals surface area contributed by atoms with Crippen LogP contribution in [0, 0.1) is 11.6 Å². The standard InChI is InChI=1S/C17H14F2N2O4/c1-20-16(23)10-5-7-11(8-6-10)21-14(22)9-25-17(24)15-12(18)3-2-4-13(15)19/h2-8H,9H2,1H3,(H,20,23)(H,21,22). The molecule has 130 valence electrons. The molecule has 0 heterocycles. The number of hydrogen-bond donors (Lipinski definition) is 2. The summed E-state index contributed by atoms with van der Waals surface area (Å²) in [6, 6.07) is 8.89. The molecule has 0 saturated heterocycles. The van der Waals surface area contributed by atoms with E-state index >= 15 is 0 Å². The van der Waals surface area contributed by atoms with Crippen molar-refractivity contribution < 1.29 is 27.9 Å². The van der Waals surface area contributed by atoms with E-state index < -0.39 is 35.7 Å². The second-order valence-corrected chi connectivity index (χ2v) is 4.88. The van der Waals surface area contributed by atoms with Gasteiger partial charge in [0.1, 0.15) is 17.2 Å². The summed E-state index contributed by atoms with van der Waals surface area (Å²) < 4.78 is 31.5. The lowest BCUT2D eigenvalue weighted by atomic mass is 10.2. The van der Waals surface area contributed by atoms with E-state index in [-0.39, 0.29) is 5.91 Å². The molecule has 2 aromatic carbocycles. The minimum Gasteiger partial charge on any atom is -0.452 e. The van der Waals surface area contributed by atoms with E-state index in [1.807, 2.05) is 0 Å². The van der Waals surface area contributed by atoms with E-state index in [1.54, 1.807) is 0 Å². The van der Waals surface area contributed by atoms with Gasteiger partial charge in [-0.1, -0.05) is 6.07 Å². The Morgan fingerprint density at radius 2 is 1.60 bits per heavy atom. The molecule has 0 bridgehead atoms. The van der Waals surface area contributed by atoms with Crippen LogP contribution >= 0.6 is 0 Å². The van der Waals surface area contributed by atoms with Gasteiger partial charge in [-0.2, -0.15) is 0 Å². The highest BCUT2D eigenvalue weighted by Gasteiger charge is 2.19. The Kier molecular flexibility index (Phi) is 5.78. The highest BCUT2D eigenvalue weighted by atomic mass is 19.1. The number of benzene rings is 2. The zero-order valence-electron chi connectivity index (χ0n) is 13.1. The van der Waals surface area contributed by atoms with Crippen LogP contribution in [0.3, 0.4) is 0 Å². The first-order chi connectivity index (χ1) is 11.9. The largest absolute Gasteiger partial charge is 0.452 e. The summed E-state index contributed by atoms with van der Waals surface area (Å²) in [6.45, 7) is -0.718. The van der Waals surface area contributed by atoms with Crippen molar-refractivity contribution in [2.45, 2.75) is 0 Å². The molecule has 6 nitrogen and oxygen atoms in total. The number of carbonyl (C=O) groups is 3. The first kappa shape index (κ1) is 18.1. The van der Waals surface area contributed by atoms with Gasteiger partial charge in [0.15, 0.2) is 6.61 Å². The quantitative estimate of drug-likeness (QED) is 0.811. The number of esters is 1. The lowest BCUT2D eigenvalue weighted by Crippen LogP contribution is -2.22. The van der Waals surface area contributed by atoms with Crippen molar-refractivity contribution in [2.75, 3.05) is 19.0 Å². The van der Waals surface area contributed by atoms with Gasteiger partial charge in [0, 0.05) is 18.3 Å². The number of nitrogens with one attached hydrogen (secondary N) is 2. The average Bonchev–Trinajstić information content (AvgIpc) is 2.60. The molecule has 0 aliphatic carbocycles. The summed E-state index contributed by atoms with van der Waals surface area (Å²) in [5.41, 5.74) is -0.0852. The van der Waals surface area contributed by atoms with Crippen molar-refractivity contribution in [1.82, 2.24) is 5.32 Å². The number of anilines is 1. The fourth-order valence-corrected chi connectivity index (χ4v) is 1.94. The lowest BCUT2D eigenvalue weighted by molar-refractivity contribution is -0.119. The molecule has 0 saturated carbocycles. The third kappa shape index (κ3) is 4.60. The van der Waals surface area contributed by atoms with Crippen molar-refractivity contribution >= 4 is 23.5 Å². The highest BCUT2D eigenvalue weighted by molar-refractivity contribution is 5.97. The van der Waals surface area contributed by atoms with Crippen molar-refractivity contribution in [3.63, 3.8) is 0 Å². The molecule has 0 atom stereocenters. The number of ether oxygens (including phenoxy) is 1. The maximum atomic E-state index is 13.4. The van der Waals surface area contributed by atoms with Gasteiger partial charge >= 0.3 is 5.97 Å². The molecule has 0 aliphatic rings. The van der Waals surface area contributed by atoms with Gasteiger partial charge in [-0.25, -0.2) is 13.6 Å². The summed E-state index contributed by atoms with van der Waals surface area (Å²) in [6.07, 6.45) is 0. The van der Waals surface area contributed by atoms with Crippen LogP contribution in [0.2, 0.25) is 0 Å². The van der Waals surface area contributed by atoms with E-state index in [2.05, 4.69) is 15.4 Å². The Labute approximate surface area is 141 Å². The Morgan fingerprint density at radius 1 is 1.00 bits per heavy atom. The number of carbonyl (C=O) groups excluding carboxylic acids is 3. The van der Waals surface area contributed by atoms with E-state index in [0.717, 1.165) is 18.2 Å². The molecule has 8 heteroatoms. The summed E-state index contributed by atoms with van der Waals surface area (Å²) >= 11 is 0. The Morgan fingerprint density at radius 3 is 2.16 bits per heavy atom. The number of amides is 2. The second kappa shape index (κ2) is 8.00. The molecule has 2 N–H and O–H groups in total. The summed E-state index contributed by atoms with van der Waals surface area (Å²) in [7, 11) is 1.49. The summed E-state index contributed by atoms with van der Waals surface area (Å²) in [4.78, 5) is 34.8. The molecule has 2 amide bonds. The highest BCUT2D eigenvalue weighted by Crippen LogP contribution is 2.13. The third-order valence-corrected chi connectivity index (χ3v) is 3.16. The fourth-order valence-electron chi connectivity index (χ4n) is 1.94. The van der Waals surface area contributed by atoms with Gasteiger partial charge in [0.2, 0.25) is 0 Å². The zero-order chi connectivity index (χ0) is 18.4. The average molecular weight is 348 g/mol. The minimum absolute atomic E-state index is 0.279. The van der Waals surface area contributed by atoms with Gasteiger partial charge in [-0.05, 0) is 36.4 Å². The maximum Gasteiger partial charge on any atom is 0.344 e. The molecular formula is C17H14F2N2O4. The van der Waals surface area contributed by atoms with Crippen LogP contribution in [-0.2, 0) is 9.53 Å². The lowest BCUT2D eigenvalue weighted by Gasteiger charge is -2.08. The molecule has 0 spiro atoms. The monoisotopic (exact) mass is 348 g/mol. The molecule has 0 fully saturated rings. The SMILES string of the molecule is CNC(=O)c1ccc(NC(=O)COC(=O)c2c(F)cccc2F)cc1. The van der Waals surface area contributed by atoms with Gasteiger partial charge in [0.05, 0.1) is 0 Å². The van der Waals surface area contributed by atoms with E-state index in [0.29, 0.717) is 11.3 Å². The van der Waals surface area contributed by atoms with E-state index in [4.69, 9.17) is 0 Å². The van der Waals surface area contributed by atoms with Crippen LogP contribution in [0.15, 0.2) is 42.5 Å². The Bertz CT molecular complexity index is 787. The van der Waals surface area contributed by atoms with Gasteiger partial charge in [-0.15, -0.1) is 0 Å². The van der Waals surface area contributed by atoms with E-state index in [1.165, 1.54) is 31.3 Å². The molecule has 0 aromatic heterocycles. The smallest absolute Gasteiger partial charge is 0.344 e. The topological polar surface area (TPSA) is 84.5 Å². The van der Waals surface area contributed by atoms with Crippen LogP contribution in [-0.4, -0.2) is 31.4 Å². The van der Waals surface area contributed by atoms with Gasteiger partial charge < -0.3 is 15.4 Å². The molecule has 0 radical (unpaired) electrons. The Balaban J connectivity index is 1.92. The predicted octanol–water partition coefficient (Wildman–Crippen LogP) is 2.12. The normalized spacial score (nSPS) is 10.0. The zero-order valence-corrected chi connectivity index (χ0v) is 13.1. The maximum absolute atomic E-state index is 13.4. The molecule has 25 heavy (non-hydrogen) atoms. The summed E-state index contributed by atoms with van der Waals surface area (Å²) in [5, 5.41) is 4.88. The second-order valence-electron chi connectivity index (χ2n) is 4.88. The first-order valence-corrected chi connectivity index (χ1v) is 7.15. The van der Waals surface area contributed by atoms with Crippen molar-refractivity contribution in [2.24, 2.45) is 0 Å². The van der Waals surface area contributed by atoms with Crippen LogP contribution in [0.4, 0.5) is 14.5 Å². The third-order valence-electron chi connectivity index (χ3n) is 3.16. The number of hydrogen-bond acceptors (Lipinski definition) is 4. The minimum atomic E-state index is -1.28. The van der Waals surface area contributed by atoms with Crippen LogP contribution in [0.5, 0.6) is 0 Å². The number of halogens is 2. The van der Waals surface area contributed by atoms with Gasteiger partial charge in [-0.3, -0.25) is 9.59 Å². The van der Waals surface area contributed by atoms with Crippen LogP contribution in [0.1, 0.15) is 20.7 Å². The Hall–Kier alpha value is -3.29. The fraction of sp³-hybridized carbons (Fsp3) is 0.118.